The van der Waals surface area contributed by atoms with Crippen molar-refractivity contribution in [2.24, 2.45) is 5.92 Å². The smallest absolute Gasteiger partial charge is 0.336 e. The van der Waals surface area contributed by atoms with Crippen LogP contribution in [0.5, 0.6) is 5.75 Å². The van der Waals surface area contributed by atoms with Crippen molar-refractivity contribution in [3.63, 3.8) is 0 Å². The summed E-state index contributed by atoms with van der Waals surface area (Å²) in [6.07, 6.45) is 0.800. The lowest BCUT2D eigenvalue weighted by atomic mass is 10.0. The highest BCUT2D eigenvalue weighted by Crippen LogP contribution is 2.48. The summed E-state index contributed by atoms with van der Waals surface area (Å²) in [6, 6.07) is 11.1. The second-order valence-electron chi connectivity index (χ2n) is 6.50. The highest BCUT2D eigenvalue weighted by Gasteiger charge is 2.44. The maximum Gasteiger partial charge on any atom is 0.336 e. The van der Waals surface area contributed by atoms with Gasteiger partial charge in [-0.3, -0.25) is 4.79 Å². The number of aryl methyl sites for hydroxylation is 2. The van der Waals surface area contributed by atoms with Crippen LogP contribution in [0.2, 0.25) is 0 Å². The van der Waals surface area contributed by atoms with E-state index in [9.17, 15) is 14.7 Å². The summed E-state index contributed by atoms with van der Waals surface area (Å²) in [5.41, 5.74) is 3.44. The predicted octanol–water partition coefficient (Wildman–Crippen LogP) is 3.75. The number of ether oxygens (including phenoxy) is 1. The second-order valence-corrected chi connectivity index (χ2v) is 6.50. The van der Waals surface area contributed by atoms with Crippen molar-refractivity contribution in [2.75, 3.05) is 12.4 Å². The number of anilines is 1. The Labute approximate surface area is 146 Å². The average Bonchev–Trinajstić information content (AvgIpc) is 3.37. The van der Waals surface area contributed by atoms with E-state index in [1.165, 1.54) is 6.07 Å². The van der Waals surface area contributed by atoms with Gasteiger partial charge in [0.05, 0.1) is 12.7 Å². The van der Waals surface area contributed by atoms with Crippen LogP contribution in [0.4, 0.5) is 5.69 Å². The first-order chi connectivity index (χ1) is 11.9. The molecule has 1 aliphatic carbocycles. The molecule has 2 aromatic rings. The summed E-state index contributed by atoms with van der Waals surface area (Å²) in [4.78, 5) is 23.8. The van der Waals surface area contributed by atoms with E-state index in [-0.39, 0.29) is 23.3 Å². The molecule has 5 heteroatoms. The molecule has 2 aromatic carbocycles. The molecule has 1 amide bonds. The largest absolute Gasteiger partial charge is 0.497 e. The molecule has 25 heavy (non-hydrogen) atoms. The quantitative estimate of drug-likeness (QED) is 0.870. The van der Waals surface area contributed by atoms with Crippen molar-refractivity contribution in [1.82, 2.24) is 0 Å². The van der Waals surface area contributed by atoms with Crippen molar-refractivity contribution in [2.45, 2.75) is 26.2 Å². The van der Waals surface area contributed by atoms with E-state index < -0.39 is 5.97 Å². The SMILES string of the molecule is COc1ccc([C@@H]2C[C@H]2C(=O)Nc2cc(C(=O)O)c(C)cc2C)cc1. The Bertz CT molecular complexity index is 826. The maximum absolute atomic E-state index is 12.5. The van der Waals surface area contributed by atoms with Crippen molar-refractivity contribution in [3.05, 3.63) is 58.7 Å². The minimum Gasteiger partial charge on any atom is -0.497 e. The molecule has 3 rings (SSSR count). The second kappa shape index (κ2) is 6.59. The van der Waals surface area contributed by atoms with Crippen LogP contribution in [-0.4, -0.2) is 24.1 Å². The molecule has 1 saturated carbocycles. The molecule has 5 nitrogen and oxygen atoms in total. The first-order valence-corrected chi connectivity index (χ1v) is 8.20. The van der Waals surface area contributed by atoms with Gasteiger partial charge in [0.15, 0.2) is 0 Å². The maximum atomic E-state index is 12.5. The molecule has 1 aliphatic rings. The molecule has 130 valence electrons. The molecular formula is C20H21NO4. The summed E-state index contributed by atoms with van der Waals surface area (Å²) in [6.45, 7) is 3.62. The van der Waals surface area contributed by atoms with Gasteiger partial charge in [-0.15, -0.1) is 0 Å². The fraction of sp³-hybridized carbons (Fsp3) is 0.300. The number of aromatic carboxylic acids is 1. The van der Waals surface area contributed by atoms with Crippen LogP contribution in [0, 0.1) is 19.8 Å². The standard InChI is InChI=1S/C20H21NO4/c1-11-8-12(2)18(10-15(11)20(23)24)21-19(22)17-9-16(17)13-4-6-14(25-3)7-5-13/h4-8,10,16-17H,9H2,1-3H3,(H,21,22)(H,23,24)/t16-,17+/m0/s1. The number of nitrogens with one attached hydrogen (secondary N) is 1. The molecule has 2 atom stereocenters. The third-order valence-corrected chi connectivity index (χ3v) is 4.73. The van der Waals surface area contributed by atoms with Gasteiger partial charge < -0.3 is 15.2 Å². The minimum atomic E-state index is -0.990. The lowest BCUT2D eigenvalue weighted by Gasteiger charge is -2.11. The Morgan fingerprint density at radius 2 is 1.80 bits per heavy atom. The van der Waals surface area contributed by atoms with Crippen LogP contribution in [0.15, 0.2) is 36.4 Å². The van der Waals surface area contributed by atoms with E-state index >= 15 is 0 Å². The summed E-state index contributed by atoms with van der Waals surface area (Å²) in [5.74, 6) is -0.139. The Morgan fingerprint density at radius 3 is 2.40 bits per heavy atom. The van der Waals surface area contributed by atoms with Gasteiger partial charge in [0.1, 0.15) is 5.75 Å². The lowest BCUT2D eigenvalue weighted by molar-refractivity contribution is -0.117. The zero-order valence-electron chi connectivity index (χ0n) is 14.5. The molecule has 1 fully saturated rings. The topological polar surface area (TPSA) is 75.6 Å². The molecule has 0 saturated heterocycles. The van der Waals surface area contributed by atoms with Gasteiger partial charge in [0.2, 0.25) is 5.91 Å². The summed E-state index contributed by atoms with van der Waals surface area (Å²) in [7, 11) is 1.62. The first kappa shape index (κ1) is 17.0. The highest BCUT2D eigenvalue weighted by atomic mass is 16.5. The van der Waals surface area contributed by atoms with Gasteiger partial charge in [-0.1, -0.05) is 18.2 Å². The zero-order chi connectivity index (χ0) is 18.1. The molecule has 0 aliphatic heterocycles. The van der Waals surface area contributed by atoms with Crippen molar-refractivity contribution in [1.29, 1.82) is 0 Å². The molecule has 0 aromatic heterocycles. The fourth-order valence-corrected chi connectivity index (χ4v) is 3.15. The molecule has 0 radical (unpaired) electrons. The number of benzene rings is 2. The number of carbonyl (C=O) groups is 2. The molecule has 0 bridgehead atoms. The zero-order valence-corrected chi connectivity index (χ0v) is 14.5. The summed E-state index contributed by atoms with van der Waals surface area (Å²) < 4.78 is 5.15. The van der Waals surface area contributed by atoms with Crippen LogP contribution in [0.1, 0.15) is 39.4 Å². The number of hydrogen-bond acceptors (Lipinski definition) is 3. The Morgan fingerprint density at radius 1 is 1.12 bits per heavy atom. The van der Waals surface area contributed by atoms with Crippen molar-refractivity contribution < 1.29 is 19.4 Å². The van der Waals surface area contributed by atoms with Gasteiger partial charge >= 0.3 is 5.97 Å². The molecule has 0 unspecified atom stereocenters. The average molecular weight is 339 g/mol. The minimum absolute atomic E-state index is 0.0656. The predicted molar refractivity (Wildman–Crippen MR) is 95.3 cm³/mol. The van der Waals surface area contributed by atoms with Crippen molar-refractivity contribution >= 4 is 17.6 Å². The number of rotatable bonds is 5. The third-order valence-electron chi connectivity index (χ3n) is 4.73. The molecule has 0 heterocycles. The van der Waals surface area contributed by atoms with Crippen LogP contribution < -0.4 is 10.1 Å². The fourth-order valence-electron chi connectivity index (χ4n) is 3.15. The van der Waals surface area contributed by atoms with Crippen molar-refractivity contribution in [3.8, 4) is 5.75 Å². The molecule has 0 spiro atoms. The summed E-state index contributed by atoms with van der Waals surface area (Å²) >= 11 is 0. The van der Waals surface area contributed by atoms with E-state index in [0.717, 1.165) is 23.3 Å². The van der Waals surface area contributed by atoms with Gasteiger partial charge in [-0.25, -0.2) is 4.79 Å². The Hall–Kier alpha value is -2.82. The van der Waals surface area contributed by atoms with E-state index in [4.69, 9.17) is 4.74 Å². The number of carboxylic acids is 1. The van der Waals surface area contributed by atoms with Gasteiger partial charge in [0, 0.05) is 11.6 Å². The lowest BCUT2D eigenvalue weighted by Crippen LogP contribution is -2.16. The Balaban J connectivity index is 1.71. The number of amides is 1. The Kier molecular flexibility index (Phi) is 4.49. The van der Waals surface area contributed by atoms with Crippen LogP contribution in [0.25, 0.3) is 0 Å². The molecule has 2 N–H and O–H groups in total. The van der Waals surface area contributed by atoms with E-state index in [2.05, 4.69) is 5.32 Å². The van der Waals surface area contributed by atoms with Gasteiger partial charge in [-0.2, -0.15) is 0 Å². The van der Waals surface area contributed by atoms with Crippen LogP contribution >= 0.6 is 0 Å². The number of carboxylic acid groups (broad SMARTS) is 1. The highest BCUT2D eigenvalue weighted by molar-refractivity contribution is 5.98. The normalized spacial score (nSPS) is 18.5. The third kappa shape index (κ3) is 3.50. The first-order valence-electron chi connectivity index (χ1n) is 8.20. The summed E-state index contributed by atoms with van der Waals surface area (Å²) in [5, 5.41) is 12.1. The van der Waals surface area contributed by atoms with E-state index in [1.54, 1.807) is 20.1 Å². The van der Waals surface area contributed by atoms with E-state index in [0.29, 0.717) is 11.3 Å². The van der Waals surface area contributed by atoms with Crippen LogP contribution in [-0.2, 0) is 4.79 Å². The van der Waals surface area contributed by atoms with E-state index in [1.807, 2.05) is 31.2 Å². The van der Waals surface area contributed by atoms with Crippen LogP contribution in [0.3, 0.4) is 0 Å². The van der Waals surface area contributed by atoms with Gasteiger partial charge in [0.25, 0.3) is 0 Å². The molecular weight excluding hydrogens is 318 g/mol. The number of carbonyl (C=O) groups excluding carboxylic acids is 1. The van der Waals surface area contributed by atoms with Gasteiger partial charge in [-0.05, 0) is 61.1 Å². The number of hydrogen-bond donors (Lipinski definition) is 2. The monoisotopic (exact) mass is 339 g/mol. The number of methoxy groups -OCH3 is 1.